The van der Waals surface area contributed by atoms with Crippen molar-refractivity contribution in [3.63, 3.8) is 0 Å². The molecular weight excluding hydrogens is 791 g/mol. The minimum absolute atomic E-state index is 1.01. The Morgan fingerprint density at radius 3 is 1.82 bits per heavy atom. The molecule has 0 radical (unpaired) electrons. The van der Waals surface area contributed by atoms with Crippen molar-refractivity contribution >= 4 is 49.9 Å². The Morgan fingerprint density at radius 2 is 1.18 bits per heavy atom. The quantitative estimate of drug-likeness (QED) is 0.164. The number of nitrogens with zero attached hydrogens (tertiary/aromatic N) is 5. The molecule has 8 heterocycles. The predicted molar refractivity (Wildman–Crippen MR) is 264 cm³/mol. The van der Waals surface area contributed by atoms with Gasteiger partial charge < -0.3 is 4.90 Å². The van der Waals surface area contributed by atoms with Gasteiger partial charge in [-0.25, -0.2) is 4.98 Å². The molecule has 5 aromatic heterocycles. The zero-order valence-electron chi connectivity index (χ0n) is 37.2. The molecule has 7 aromatic rings. The van der Waals surface area contributed by atoms with Crippen molar-refractivity contribution in [2.75, 3.05) is 32.1 Å². The normalized spacial score (nSPS) is 14.9. The van der Waals surface area contributed by atoms with E-state index in [2.05, 4.69) is 138 Å². The second kappa shape index (κ2) is 25.6. The fraction of sp³-hybridized carbons (Fsp3) is 0.385. The molecule has 318 valence electrons. The van der Waals surface area contributed by atoms with Crippen molar-refractivity contribution in [2.24, 2.45) is 0 Å². The van der Waals surface area contributed by atoms with Gasteiger partial charge in [-0.15, -0.1) is 22.7 Å². The lowest BCUT2D eigenvalue weighted by atomic mass is 9.99. The van der Waals surface area contributed by atoms with Crippen LogP contribution in [-0.4, -0.2) is 47.0 Å². The first-order chi connectivity index (χ1) is 29.3. The molecule has 4 aliphatic rings. The van der Waals surface area contributed by atoms with Gasteiger partial charge >= 0.3 is 0 Å². The Balaban J connectivity index is 0.000000137. The highest BCUT2D eigenvalue weighted by Crippen LogP contribution is 2.29. The fourth-order valence-electron chi connectivity index (χ4n) is 7.61. The molecule has 0 saturated carbocycles. The van der Waals surface area contributed by atoms with Crippen LogP contribution in [0.2, 0.25) is 0 Å². The lowest BCUT2D eigenvalue weighted by Gasteiger charge is -2.27. The van der Waals surface area contributed by atoms with E-state index in [9.17, 15) is 0 Å². The molecule has 11 rings (SSSR count). The van der Waals surface area contributed by atoms with Crippen molar-refractivity contribution in [1.82, 2.24) is 19.8 Å². The predicted octanol–water partition coefficient (Wildman–Crippen LogP) is 14.0. The summed E-state index contributed by atoms with van der Waals surface area (Å²) in [5.41, 5.74) is 8.47. The van der Waals surface area contributed by atoms with Gasteiger partial charge in [-0.3, -0.25) is 14.8 Å². The maximum absolute atomic E-state index is 4.43. The average Bonchev–Trinajstić information content (AvgIpc) is 4.14. The van der Waals surface area contributed by atoms with Crippen LogP contribution in [-0.2, 0) is 39.0 Å². The average molecular weight is 858 g/mol. The van der Waals surface area contributed by atoms with E-state index in [0.717, 1.165) is 32.0 Å². The van der Waals surface area contributed by atoms with Crippen molar-refractivity contribution in [2.45, 2.75) is 106 Å². The molecule has 60 heavy (non-hydrogen) atoms. The number of benzene rings is 2. The number of thiophene rings is 3. The molecule has 1 saturated heterocycles. The molecule has 0 unspecified atom stereocenters. The zero-order chi connectivity index (χ0) is 42.5. The van der Waals surface area contributed by atoms with Crippen LogP contribution in [0.4, 0.5) is 5.82 Å². The number of hydrogen-bond donors (Lipinski definition) is 0. The molecule has 0 N–H and O–H groups in total. The molecular formula is C52H67N5S3. The monoisotopic (exact) mass is 857 g/mol. The minimum atomic E-state index is 1.01. The van der Waals surface area contributed by atoms with Gasteiger partial charge in [0.25, 0.3) is 0 Å². The molecule has 1 fully saturated rings. The molecule has 2 aromatic carbocycles. The van der Waals surface area contributed by atoms with E-state index < -0.39 is 0 Å². The van der Waals surface area contributed by atoms with Gasteiger partial charge in [-0.05, 0) is 154 Å². The summed E-state index contributed by atoms with van der Waals surface area (Å²) in [6, 6.07) is 34.1. The number of piperidine rings is 1. The maximum atomic E-state index is 4.43. The molecule has 0 spiro atoms. The summed E-state index contributed by atoms with van der Waals surface area (Å²) in [5.74, 6) is 1.14. The van der Waals surface area contributed by atoms with E-state index in [1.165, 1.54) is 106 Å². The Kier molecular flexibility index (Phi) is 20.0. The largest absolute Gasteiger partial charge is 0.357 e. The number of rotatable bonds is 1. The first-order valence-electron chi connectivity index (χ1n) is 21.9. The second-order valence-corrected chi connectivity index (χ2v) is 19.1. The van der Waals surface area contributed by atoms with E-state index in [1.54, 1.807) is 21.8 Å². The van der Waals surface area contributed by atoms with Gasteiger partial charge in [0.05, 0.1) is 5.69 Å². The highest BCUT2D eigenvalue weighted by molar-refractivity contribution is 7.19. The summed E-state index contributed by atoms with van der Waals surface area (Å²) >= 11 is 5.56. The topological polar surface area (TPSA) is 35.5 Å². The van der Waals surface area contributed by atoms with E-state index in [0.29, 0.717) is 0 Å². The van der Waals surface area contributed by atoms with E-state index in [1.807, 2.05) is 77.9 Å². The van der Waals surface area contributed by atoms with Gasteiger partial charge in [0.15, 0.2) is 0 Å². The molecule has 1 aliphatic carbocycles. The van der Waals surface area contributed by atoms with E-state index in [-0.39, 0.29) is 0 Å². The van der Waals surface area contributed by atoms with Gasteiger partial charge in [-0.1, -0.05) is 80.6 Å². The summed E-state index contributed by atoms with van der Waals surface area (Å²) < 4.78 is 1.39. The third-order valence-corrected chi connectivity index (χ3v) is 13.3. The van der Waals surface area contributed by atoms with Crippen molar-refractivity contribution in [1.29, 1.82) is 0 Å². The van der Waals surface area contributed by atoms with Gasteiger partial charge in [0.1, 0.15) is 5.82 Å². The standard InChI is InChI=1S/C11H16N2.C9H11N.C9H12S.C9H8S.C8H10N2.C4H4S.C2H6/c1-10-5-6-11(12-9-10)13-7-3-2-4-8-13;1-10-6-8-4-2-3-5-9(8)7-10;2*1-7-6-8-4-2-3-5-9(8)10-7;1-10-5-7-3-2-4-9-8(7)6-10;1-2-4-5-3-1;1-2/h5-6,9H,2-4,7-8H2,1H3;2-5H,6-7H2,1H3;6H,2-5H2,1H3;2-6H,1H3;2-4H,5-6H2,1H3;1-4H;1-2H3. The smallest absolute Gasteiger partial charge is 0.128 e. The summed E-state index contributed by atoms with van der Waals surface area (Å²) in [4.78, 5) is 20.2. The van der Waals surface area contributed by atoms with Crippen LogP contribution in [0, 0.1) is 20.8 Å². The minimum Gasteiger partial charge on any atom is -0.357 e. The summed E-state index contributed by atoms with van der Waals surface area (Å²) in [7, 11) is 4.27. The van der Waals surface area contributed by atoms with Gasteiger partial charge in [0, 0.05) is 71.0 Å². The number of fused-ring (bicyclic) bond motifs is 4. The first kappa shape index (κ1) is 46.9. The van der Waals surface area contributed by atoms with Crippen LogP contribution >= 0.6 is 34.0 Å². The second-order valence-electron chi connectivity index (χ2n) is 15.7. The Hall–Kier alpha value is -4.18. The lowest BCUT2D eigenvalue weighted by molar-refractivity contribution is 0.351. The summed E-state index contributed by atoms with van der Waals surface area (Å²) in [6.07, 6.45) is 13.3. The van der Waals surface area contributed by atoms with Crippen LogP contribution in [0.25, 0.3) is 10.1 Å². The number of aromatic nitrogens is 2. The maximum Gasteiger partial charge on any atom is 0.128 e. The summed E-state index contributed by atoms with van der Waals surface area (Å²) in [5, 5.41) is 5.45. The van der Waals surface area contributed by atoms with Crippen LogP contribution < -0.4 is 4.90 Å². The van der Waals surface area contributed by atoms with Crippen LogP contribution in [0.15, 0.2) is 120 Å². The van der Waals surface area contributed by atoms with Crippen molar-refractivity contribution in [3.05, 3.63) is 168 Å². The highest BCUT2D eigenvalue weighted by Gasteiger charge is 2.15. The fourth-order valence-corrected chi connectivity index (χ4v) is 10.1. The Morgan fingerprint density at radius 1 is 0.550 bits per heavy atom. The third kappa shape index (κ3) is 15.4. The van der Waals surface area contributed by atoms with Crippen LogP contribution in [0.3, 0.4) is 0 Å². The van der Waals surface area contributed by atoms with Gasteiger partial charge in [0.2, 0.25) is 0 Å². The van der Waals surface area contributed by atoms with E-state index >= 15 is 0 Å². The molecule has 0 amide bonds. The number of hydrogen-bond acceptors (Lipinski definition) is 8. The Bertz CT molecular complexity index is 2040. The third-order valence-electron chi connectivity index (χ3n) is 10.5. The van der Waals surface area contributed by atoms with Crippen LogP contribution in [0.5, 0.6) is 0 Å². The molecule has 0 bridgehead atoms. The van der Waals surface area contributed by atoms with Crippen LogP contribution in [0.1, 0.15) is 94.1 Å². The number of aryl methyl sites for hydroxylation is 5. The molecule has 3 aliphatic heterocycles. The lowest BCUT2D eigenvalue weighted by Crippen LogP contribution is -2.29. The van der Waals surface area contributed by atoms with E-state index in [4.69, 9.17) is 0 Å². The number of anilines is 1. The molecule has 5 nitrogen and oxygen atoms in total. The molecule has 0 atom stereocenters. The first-order valence-corrected chi connectivity index (χ1v) is 24.4. The molecule has 8 heteroatoms. The zero-order valence-corrected chi connectivity index (χ0v) is 39.6. The SMILES string of the molecule is CC.CN1Cc2ccccc2C1.CN1Cc2cccnc2C1.Cc1cc2c(s1)CCCC2.Cc1cc2ccccc2s1.Cc1ccc(N2CCCCC2)nc1.c1ccsc1. The van der Waals surface area contributed by atoms with Crippen molar-refractivity contribution in [3.8, 4) is 0 Å². The van der Waals surface area contributed by atoms with Crippen molar-refractivity contribution < 1.29 is 0 Å². The Labute approximate surface area is 373 Å². The summed E-state index contributed by atoms with van der Waals surface area (Å²) in [6.45, 7) is 17.1. The van der Waals surface area contributed by atoms with Gasteiger partial charge in [-0.2, -0.15) is 11.3 Å². The number of pyridine rings is 2. The highest BCUT2D eigenvalue weighted by atomic mass is 32.1.